The first kappa shape index (κ1) is 11.2. The van der Waals surface area contributed by atoms with Crippen LogP contribution in [0.4, 0.5) is 4.79 Å². The molecule has 0 saturated heterocycles. The van der Waals surface area contributed by atoms with Crippen molar-refractivity contribution in [2.75, 3.05) is 0 Å². The van der Waals surface area contributed by atoms with E-state index < -0.39 is 13.3 Å². The Morgan fingerprint density at radius 2 is 1.50 bits per heavy atom. The minimum absolute atomic E-state index is 0. The SMILES string of the molecule is O=C(O)P(=O)(O)O.[Mg]. The van der Waals surface area contributed by atoms with Gasteiger partial charge in [-0.2, -0.15) is 0 Å². The molecule has 0 aliphatic carbocycles. The zero-order chi connectivity index (χ0) is 6.08. The van der Waals surface area contributed by atoms with Crippen LogP contribution in [-0.2, 0) is 4.57 Å². The first-order chi connectivity index (χ1) is 2.94. The van der Waals surface area contributed by atoms with E-state index in [2.05, 4.69) is 0 Å². The monoisotopic (exact) mass is 150 g/mol. The summed E-state index contributed by atoms with van der Waals surface area (Å²) in [5.74, 6) is 0. The average Bonchev–Trinajstić information content (AvgIpc) is 1.31. The van der Waals surface area contributed by atoms with Crippen molar-refractivity contribution >= 4 is 36.4 Å². The van der Waals surface area contributed by atoms with Gasteiger partial charge in [-0.1, -0.05) is 0 Å². The van der Waals surface area contributed by atoms with Crippen LogP contribution in [0.1, 0.15) is 0 Å². The fraction of sp³-hybridized carbons (Fsp3) is 0. The van der Waals surface area contributed by atoms with Gasteiger partial charge in [-0.3, -0.25) is 0 Å². The van der Waals surface area contributed by atoms with E-state index in [1.807, 2.05) is 0 Å². The second-order valence-electron chi connectivity index (χ2n) is 0.827. The second kappa shape index (κ2) is 3.42. The first-order valence-corrected chi connectivity index (χ1v) is 2.85. The number of hydrogen-bond donors (Lipinski definition) is 3. The van der Waals surface area contributed by atoms with Gasteiger partial charge in [0, 0.05) is 23.1 Å². The molecule has 0 aliphatic rings. The number of hydrogen-bond acceptors (Lipinski definition) is 2. The van der Waals surface area contributed by atoms with Gasteiger partial charge in [-0.05, 0) is 0 Å². The minimum atomic E-state index is -4.82. The second-order valence-corrected chi connectivity index (χ2v) is 2.30. The Bertz CT molecular complexity index is 124. The molecule has 0 spiro atoms. The van der Waals surface area contributed by atoms with Gasteiger partial charge >= 0.3 is 13.3 Å². The summed E-state index contributed by atoms with van der Waals surface area (Å²) in [4.78, 5) is 24.5. The van der Waals surface area contributed by atoms with Crippen LogP contribution >= 0.6 is 7.60 Å². The summed E-state index contributed by atoms with van der Waals surface area (Å²) in [6.45, 7) is 0. The molecule has 0 aromatic heterocycles. The van der Waals surface area contributed by atoms with Gasteiger partial charge in [-0.15, -0.1) is 0 Å². The van der Waals surface area contributed by atoms with Crippen LogP contribution < -0.4 is 0 Å². The Hall–Kier alpha value is 0.386. The van der Waals surface area contributed by atoms with E-state index in [4.69, 9.17) is 14.9 Å². The number of carboxylic acid groups (broad SMARTS) is 1. The quantitative estimate of drug-likeness (QED) is 0.345. The van der Waals surface area contributed by atoms with Crippen LogP contribution in [-0.4, -0.2) is 43.7 Å². The Morgan fingerprint density at radius 1 is 1.38 bits per heavy atom. The maximum atomic E-state index is 9.43. The summed E-state index contributed by atoms with van der Waals surface area (Å²) >= 11 is 0. The van der Waals surface area contributed by atoms with Gasteiger partial charge in [0.15, 0.2) is 0 Å². The van der Waals surface area contributed by atoms with Crippen molar-refractivity contribution in [2.45, 2.75) is 0 Å². The van der Waals surface area contributed by atoms with Crippen LogP contribution in [0.2, 0.25) is 0 Å². The van der Waals surface area contributed by atoms with Crippen LogP contribution in [0, 0.1) is 0 Å². The van der Waals surface area contributed by atoms with Gasteiger partial charge in [0.2, 0.25) is 0 Å². The van der Waals surface area contributed by atoms with E-state index in [0.29, 0.717) is 0 Å². The van der Waals surface area contributed by atoms with Crippen molar-refractivity contribution in [3.63, 3.8) is 0 Å². The Labute approximate surface area is 61.0 Å². The molecule has 0 aromatic carbocycles. The molecule has 0 aromatic rings. The largest absolute Gasteiger partial charge is 0.472 e. The van der Waals surface area contributed by atoms with Crippen molar-refractivity contribution < 1.29 is 24.3 Å². The molecule has 0 heterocycles. The molecular weight excluding hydrogens is 147 g/mol. The fourth-order valence-corrected chi connectivity index (χ4v) is 0. The number of rotatable bonds is 1. The molecule has 0 atom stereocenters. The molecule has 0 fully saturated rings. The standard InChI is InChI=1S/CH3O5P.Mg/c2-1(3)7(4,5)6;/h(H,2,3)(H2,4,5,6);. The Balaban J connectivity index is 0. The highest BCUT2D eigenvalue weighted by molar-refractivity contribution is 7.69. The average molecular weight is 150 g/mol. The summed E-state index contributed by atoms with van der Waals surface area (Å²) in [6.07, 6.45) is 0. The van der Waals surface area contributed by atoms with Gasteiger partial charge in [0.25, 0.3) is 0 Å². The number of carbonyl (C=O) groups is 1. The van der Waals surface area contributed by atoms with Crippen molar-refractivity contribution in [1.29, 1.82) is 0 Å². The van der Waals surface area contributed by atoms with Gasteiger partial charge < -0.3 is 14.9 Å². The lowest BCUT2D eigenvalue weighted by Crippen LogP contribution is -1.90. The maximum Gasteiger partial charge on any atom is 0.433 e. The molecule has 3 N–H and O–H groups in total. The Morgan fingerprint density at radius 3 is 1.50 bits per heavy atom. The molecule has 0 bridgehead atoms. The van der Waals surface area contributed by atoms with Gasteiger partial charge in [-0.25, -0.2) is 9.36 Å². The Kier molecular flexibility index (Phi) is 4.79. The molecule has 8 heavy (non-hydrogen) atoms. The van der Waals surface area contributed by atoms with Crippen LogP contribution in [0.3, 0.4) is 0 Å². The lowest BCUT2D eigenvalue weighted by molar-refractivity contribution is 0.208. The minimum Gasteiger partial charge on any atom is -0.472 e. The third kappa shape index (κ3) is 4.54. The highest BCUT2D eigenvalue weighted by Crippen LogP contribution is 2.34. The molecule has 5 nitrogen and oxygen atoms in total. The molecule has 0 saturated carbocycles. The fourth-order valence-electron chi connectivity index (χ4n) is 0. The van der Waals surface area contributed by atoms with E-state index in [1.165, 1.54) is 0 Å². The van der Waals surface area contributed by atoms with E-state index >= 15 is 0 Å². The lowest BCUT2D eigenvalue weighted by Gasteiger charge is -1.90. The summed E-state index contributed by atoms with van der Waals surface area (Å²) in [7, 11) is -4.82. The van der Waals surface area contributed by atoms with Crippen molar-refractivity contribution in [3.05, 3.63) is 0 Å². The zero-order valence-electron chi connectivity index (χ0n) is 3.81. The summed E-state index contributed by atoms with van der Waals surface area (Å²) in [5, 5.41) is 7.49. The smallest absolute Gasteiger partial charge is 0.433 e. The van der Waals surface area contributed by atoms with Crippen LogP contribution in [0.25, 0.3) is 0 Å². The van der Waals surface area contributed by atoms with Crippen LogP contribution in [0.5, 0.6) is 0 Å². The predicted octanol–water partition coefficient (Wildman–Crippen LogP) is -0.539. The van der Waals surface area contributed by atoms with Crippen molar-refractivity contribution in [2.24, 2.45) is 0 Å². The lowest BCUT2D eigenvalue weighted by atomic mass is 11.6. The third-order valence-corrected chi connectivity index (χ3v) is 0.748. The zero-order valence-corrected chi connectivity index (χ0v) is 6.12. The molecular formula is CH3MgO5P. The van der Waals surface area contributed by atoms with Crippen molar-refractivity contribution in [3.8, 4) is 0 Å². The van der Waals surface area contributed by atoms with E-state index in [0.717, 1.165) is 0 Å². The molecule has 0 aliphatic heterocycles. The molecule has 7 heteroatoms. The molecule has 0 rings (SSSR count). The van der Waals surface area contributed by atoms with Gasteiger partial charge in [0.05, 0.1) is 0 Å². The topological polar surface area (TPSA) is 94.8 Å². The molecule has 2 radical (unpaired) electrons. The maximum absolute atomic E-state index is 9.43. The third-order valence-electron chi connectivity index (χ3n) is 0.249. The van der Waals surface area contributed by atoms with E-state index in [-0.39, 0.29) is 23.1 Å². The van der Waals surface area contributed by atoms with Gasteiger partial charge in [0.1, 0.15) is 0 Å². The predicted molar refractivity (Wildman–Crippen MR) is 25.8 cm³/mol. The highest BCUT2D eigenvalue weighted by Gasteiger charge is 2.23. The van der Waals surface area contributed by atoms with E-state index in [1.54, 1.807) is 0 Å². The molecule has 44 valence electrons. The van der Waals surface area contributed by atoms with E-state index in [9.17, 15) is 9.36 Å². The summed E-state index contributed by atoms with van der Waals surface area (Å²) in [5.41, 5.74) is -2.09. The summed E-state index contributed by atoms with van der Waals surface area (Å²) < 4.78 is 9.43. The van der Waals surface area contributed by atoms with Crippen LogP contribution in [0.15, 0.2) is 0 Å². The summed E-state index contributed by atoms with van der Waals surface area (Å²) in [6, 6.07) is 0. The molecule has 0 unspecified atom stereocenters. The first-order valence-electron chi connectivity index (χ1n) is 1.23. The normalized spacial score (nSPS) is 9.75. The highest BCUT2D eigenvalue weighted by atomic mass is 31.2. The van der Waals surface area contributed by atoms with Crippen molar-refractivity contribution in [1.82, 2.24) is 0 Å². The molecule has 0 amide bonds.